The van der Waals surface area contributed by atoms with Crippen LogP contribution in [-0.2, 0) is 6.54 Å². The van der Waals surface area contributed by atoms with Crippen molar-refractivity contribution in [2.24, 2.45) is 5.92 Å². The Bertz CT molecular complexity index is 344. The van der Waals surface area contributed by atoms with Crippen molar-refractivity contribution in [2.75, 3.05) is 6.54 Å². The van der Waals surface area contributed by atoms with E-state index in [0.29, 0.717) is 6.04 Å². The summed E-state index contributed by atoms with van der Waals surface area (Å²) in [5, 5.41) is 0.840. The molecule has 0 heterocycles. The summed E-state index contributed by atoms with van der Waals surface area (Å²) in [5.74, 6) is 0.946. The minimum Gasteiger partial charge on any atom is -0.296 e. The molecule has 0 N–H and O–H groups in total. The Balaban J connectivity index is 1.98. The highest BCUT2D eigenvalue weighted by atomic mass is 35.5. The summed E-state index contributed by atoms with van der Waals surface area (Å²) < 4.78 is 0. The van der Waals surface area contributed by atoms with E-state index in [2.05, 4.69) is 30.9 Å². The molecule has 0 aromatic heterocycles. The lowest BCUT2D eigenvalue weighted by atomic mass is 10.2. The number of rotatable bonds is 5. The summed E-state index contributed by atoms with van der Waals surface area (Å²) in [6, 6.07) is 8.82. The van der Waals surface area contributed by atoms with E-state index in [1.165, 1.54) is 24.9 Å². The van der Waals surface area contributed by atoms with Gasteiger partial charge in [0.05, 0.1) is 0 Å². The zero-order valence-electron chi connectivity index (χ0n) is 10.1. The van der Waals surface area contributed by atoms with Crippen LogP contribution in [-0.4, -0.2) is 17.5 Å². The van der Waals surface area contributed by atoms with Gasteiger partial charge in [-0.25, -0.2) is 0 Å². The minimum atomic E-state index is 0.611. The number of nitrogens with zero attached hydrogens (tertiary/aromatic N) is 1. The Morgan fingerprint density at radius 2 is 2.12 bits per heavy atom. The van der Waals surface area contributed by atoms with Crippen LogP contribution >= 0.6 is 11.6 Å². The molecule has 0 radical (unpaired) electrons. The summed E-state index contributed by atoms with van der Waals surface area (Å²) in [6.07, 6.45) is 2.83. The molecule has 1 aromatic rings. The van der Waals surface area contributed by atoms with Gasteiger partial charge in [-0.15, -0.1) is 0 Å². The molecule has 1 aliphatic rings. The highest BCUT2D eigenvalue weighted by Crippen LogP contribution is 2.30. The van der Waals surface area contributed by atoms with E-state index in [0.717, 1.165) is 17.5 Å². The van der Waals surface area contributed by atoms with Gasteiger partial charge in [-0.05, 0) is 50.3 Å². The van der Waals surface area contributed by atoms with Crippen LogP contribution in [0.25, 0.3) is 0 Å². The molecule has 1 aliphatic carbocycles. The van der Waals surface area contributed by atoms with Gasteiger partial charge < -0.3 is 0 Å². The molecule has 88 valence electrons. The van der Waals surface area contributed by atoms with Crippen LogP contribution in [0.3, 0.4) is 0 Å². The van der Waals surface area contributed by atoms with E-state index >= 15 is 0 Å². The van der Waals surface area contributed by atoms with E-state index in [-0.39, 0.29) is 0 Å². The minimum absolute atomic E-state index is 0.611. The number of halogens is 1. The summed E-state index contributed by atoms with van der Waals surface area (Å²) in [4.78, 5) is 2.54. The molecule has 0 aliphatic heterocycles. The molecule has 0 saturated heterocycles. The van der Waals surface area contributed by atoms with Crippen LogP contribution in [0, 0.1) is 5.92 Å². The van der Waals surface area contributed by atoms with Crippen molar-refractivity contribution in [1.82, 2.24) is 4.90 Å². The molecular formula is C14H20ClN. The Morgan fingerprint density at radius 3 is 2.69 bits per heavy atom. The van der Waals surface area contributed by atoms with Gasteiger partial charge in [-0.2, -0.15) is 0 Å². The predicted molar refractivity (Wildman–Crippen MR) is 69.7 cm³/mol. The molecule has 1 saturated carbocycles. The summed E-state index contributed by atoms with van der Waals surface area (Å²) in [7, 11) is 0. The Labute approximate surface area is 103 Å². The van der Waals surface area contributed by atoms with Crippen molar-refractivity contribution in [3.05, 3.63) is 34.9 Å². The van der Waals surface area contributed by atoms with Crippen molar-refractivity contribution in [2.45, 2.75) is 39.3 Å². The normalized spacial score (nSPS) is 16.1. The maximum atomic E-state index is 6.01. The summed E-state index contributed by atoms with van der Waals surface area (Å²) in [6.45, 7) is 6.80. The molecule has 1 fully saturated rings. The molecule has 0 amide bonds. The zero-order valence-corrected chi connectivity index (χ0v) is 10.9. The van der Waals surface area contributed by atoms with Crippen molar-refractivity contribution < 1.29 is 0 Å². The Morgan fingerprint density at radius 1 is 1.38 bits per heavy atom. The van der Waals surface area contributed by atoms with E-state index in [1.807, 2.05) is 12.1 Å². The van der Waals surface area contributed by atoms with Gasteiger partial charge in [-0.3, -0.25) is 4.90 Å². The van der Waals surface area contributed by atoms with Crippen LogP contribution in [0.2, 0.25) is 5.02 Å². The van der Waals surface area contributed by atoms with Gasteiger partial charge >= 0.3 is 0 Å². The molecule has 2 heteroatoms. The maximum Gasteiger partial charge on any atom is 0.0409 e. The summed E-state index contributed by atoms with van der Waals surface area (Å²) in [5.41, 5.74) is 1.32. The molecule has 16 heavy (non-hydrogen) atoms. The first-order valence-electron chi connectivity index (χ1n) is 6.13. The van der Waals surface area contributed by atoms with Gasteiger partial charge in [0.1, 0.15) is 0 Å². The molecule has 0 unspecified atom stereocenters. The van der Waals surface area contributed by atoms with E-state index in [4.69, 9.17) is 11.6 Å². The maximum absolute atomic E-state index is 6.01. The lowest BCUT2D eigenvalue weighted by Gasteiger charge is -2.26. The van der Waals surface area contributed by atoms with Crippen LogP contribution in [0.15, 0.2) is 24.3 Å². The molecule has 1 aromatic carbocycles. The third-order valence-corrected chi connectivity index (χ3v) is 3.43. The number of benzene rings is 1. The molecule has 0 bridgehead atoms. The van der Waals surface area contributed by atoms with Crippen LogP contribution < -0.4 is 0 Å². The van der Waals surface area contributed by atoms with Gasteiger partial charge in [0.2, 0.25) is 0 Å². The molecule has 0 spiro atoms. The topological polar surface area (TPSA) is 3.24 Å². The van der Waals surface area contributed by atoms with Gasteiger partial charge in [0.15, 0.2) is 0 Å². The standard InChI is InChI=1S/C14H20ClN/c1-11(2)16(9-12-6-7-12)10-13-4-3-5-14(15)8-13/h3-5,8,11-12H,6-7,9-10H2,1-2H3. The third kappa shape index (κ3) is 3.50. The largest absolute Gasteiger partial charge is 0.296 e. The fourth-order valence-corrected chi connectivity index (χ4v) is 2.17. The first kappa shape index (κ1) is 11.9. The number of hydrogen-bond donors (Lipinski definition) is 0. The van der Waals surface area contributed by atoms with Gasteiger partial charge in [0, 0.05) is 24.2 Å². The molecule has 1 nitrogen and oxygen atoms in total. The Hall–Kier alpha value is -0.530. The van der Waals surface area contributed by atoms with Crippen molar-refractivity contribution in [3.63, 3.8) is 0 Å². The lowest BCUT2D eigenvalue weighted by Crippen LogP contribution is -2.32. The summed E-state index contributed by atoms with van der Waals surface area (Å²) >= 11 is 6.01. The zero-order chi connectivity index (χ0) is 11.5. The highest BCUT2D eigenvalue weighted by Gasteiger charge is 2.25. The monoisotopic (exact) mass is 237 g/mol. The van der Waals surface area contributed by atoms with Crippen molar-refractivity contribution >= 4 is 11.6 Å². The van der Waals surface area contributed by atoms with E-state index < -0.39 is 0 Å². The van der Waals surface area contributed by atoms with E-state index in [9.17, 15) is 0 Å². The highest BCUT2D eigenvalue weighted by molar-refractivity contribution is 6.30. The second-order valence-corrected chi connectivity index (χ2v) is 5.53. The first-order chi connectivity index (χ1) is 7.65. The molecule has 2 rings (SSSR count). The van der Waals surface area contributed by atoms with E-state index in [1.54, 1.807) is 0 Å². The van der Waals surface area contributed by atoms with Crippen molar-refractivity contribution in [3.8, 4) is 0 Å². The number of hydrogen-bond acceptors (Lipinski definition) is 1. The van der Waals surface area contributed by atoms with Gasteiger partial charge in [0.25, 0.3) is 0 Å². The van der Waals surface area contributed by atoms with Crippen molar-refractivity contribution in [1.29, 1.82) is 0 Å². The quantitative estimate of drug-likeness (QED) is 0.749. The smallest absolute Gasteiger partial charge is 0.0409 e. The fourth-order valence-electron chi connectivity index (χ4n) is 1.96. The lowest BCUT2D eigenvalue weighted by molar-refractivity contribution is 0.204. The Kier molecular flexibility index (Phi) is 3.88. The molecular weight excluding hydrogens is 218 g/mol. The van der Waals surface area contributed by atoms with Crippen LogP contribution in [0.4, 0.5) is 0 Å². The fraction of sp³-hybridized carbons (Fsp3) is 0.571. The second kappa shape index (κ2) is 5.20. The second-order valence-electron chi connectivity index (χ2n) is 5.10. The first-order valence-corrected chi connectivity index (χ1v) is 6.51. The van der Waals surface area contributed by atoms with Gasteiger partial charge in [-0.1, -0.05) is 23.7 Å². The van der Waals surface area contributed by atoms with Crippen LogP contribution in [0.5, 0.6) is 0 Å². The van der Waals surface area contributed by atoms with Crippen LogP contribution in [0.1, 0.15) is 32.3 Å². The predicted octanol–water partition coefficient (Wildman–Crippen LogP) is 3.96. The average molecular weight is 238 g/mol. The third-order valence-electron chi connectivity index (χ3n) is 3.19. The average Bonchev–Trinajstić information content (AvgIpc) is 3.00. The SMILES string of the molecule is CC(C)N(Cc1cccc(Cl)c1)CC1CC1. The molecule has 0 atom stereocenters.